The summed E-state index contributed by atoms with van der Waals surface area (Å²) in [5.74, 6) is 0. The number of benzene rings is 2. The average Bonchev–Trinajstić information content (AvgIpc) is 2.83. The molecule has 0 fully saturated rings. The summed E-state index contributed by atoms with van der Waals surface area (Å²) in [4.78, 5) is 15.8. The van der Waals surface area contributed by atoms with E-state index < -0.39 is 6.09 Å². The van der Waals surface area contributed by atoms with E-state index in [9.17, 15) is 4.79 Å². The van der Waals surface area contributed by atoms with E-state index in [2.05, 4.69) is 61.3 Å². The third kappa shape index (κ3) is 2.64. The SMILES string of the molecule is CC1(C)Cc2cc(-c3cccc4cccnc34)ccc2C1OC(N)=O. The highest BCUT2D eigenvalue weighted by atomic mass is 16.6. The van der Waals surface area contributed by atoms with Gasteiger partial charge in [-0.2, -0.15) is 0 Å². The van der Waals surface area contributed by atoms with Gasteiger partial charge >= 0.3 is 6.09 Å². The van der Waals surface area contributed by atoms with Crippen molar-refractivity contribution in [2.24, 2.45) is 11.1 Å². The fraction of sp³-hybridized carbons (Fsp3) is 0.238. The molecule has 4 rings (SSSR count). The average molecular weight is 332 g/mol. The summed E-state index contributed by atoms with van der Waals surface area (Å²) in [6.45, 7) is 4.19. The topological polar surface area (TPSA) is 65.2 Å². The Hall–Kier alpha value is -2.88. The molecule has 0 saturated heterocycles. The van der Waals surface area contributed by atoms with Gasteiger partial charge in [-0.1, -0.05) is 56.3 Å². The zero-order chi connectivity index (χ0) is 17.6. The molecule has 1 atom stereocenters. The normalized spacial score (nSPS) is 18.1. The zero-order valence-electron chi connectivity index (χ0n) is 14.3. The summed E-state index contributed by atoms with van der Waals surface area (Å²) >= 11 is 0. The van der Waals surface area contributed by atoms with Crippen molar-refractivity contribution in [3.8, 4) is 11.1 Å². The van der Waals surface area contributed by atoms with Crippen LogP contribution < -0.4 is 5.73 Å². The van der Waals surface area contributed by atoms with Gasteiger partial charge in [0.25, 0.3) is 0 Å². The zero-order valence-corrected chi connectivity index (χ0v) is 14.3. The van der Waals surface area contributed by atoms with E-state index in [1.807, 2.05) is 12.3 Å². The molecular weight excluding hydrogens is 312 g/mol. The lowest BCUT2D eigenvalue weighted by atomic mass is 9.87. The lowest BCUT2D eigenvalue weighted by molar-refractivity contribution is 0.0392. The van der Waals surface area contributed by atoms with Crippen LogP contribution in [0.25, 0.3) is 22.0 Å². The van der Waals surface area contributed by atoms with Crippen molar-refractivity contribution in [3.05, 3.63) is 65.9 Å². The number of rotatable bonds is 2. The standard InChI is InChI=1S/C21H20N2O2/c1-21(2)12-15-11-14(8-9-17(15)19(21)25-20(22)24)16-7-3-5-13-6-4-10-23-18(13)16/h3-11,19H,12H2,1-2H3,(H2,22,24). The number of nitrogens with two attached hydrogens (primary N) is 1. The van der Waals surface area contributed by atoms with E-state index in [0.717, 1.165) is 34.0 Å². The van der Waals surface area contributed by atoms with Gasteiger partial charge in [0.2, 0.25) is 0 Å². The van der Waals surface area contributed by atoms with Crippen LogP contribution >= 0.6 is 0 Å². The number of carbonyl (C=O) groups is 1. The number of fused-ring (bicyclic) bond motifs is 2. The first-order chi connectivity index (χ1) is 12.0. The molecule has 1 aromatic heterocycles. The van der Waals surface area contributed by atoms with Crippen LogP contribution in [0.1, 0.15) is 31.1 Å². The Labute approximate surface area is 146 Å². The van der Waals surface area contributed by atoms with Crippen molar-refractivity contribution in [2.75, 3.05) is 0 Å². The number of para-hydroxylation sites is 1. The number of carbonyl (C=O) groups excluding carboxylic acids is 1. The molecule has 0 bridgehead atoms. The highest BCUT2D eigenvalue weighted by molar-refractivity contribution is 5.93. The van der Waals surface area contributed by atoms with Crippen LogP contribution in [0.5, 0.6) is 0 Å². The van der Waals surface area contributed by atoms with Gasteiger partial charge in [0, 0.05) is 22.6 Å². The van der Waals surface area contributed by atoms with Crippen LogP contribution in [0, 0.1) is 5.41 Å². The predicted octanol–water partition coefficient (Wildman–Crippen LogP) is 4.62. The predicted molar refractivity (Wildman–Crippen MR) is 98.1 cm³/mol. The van der Waals surface area contributed by atoms with E-state index >= 15 is 0 Å². The van der Waals surface area contributed by atoms with Gasteiger partial charge in [0.15, 0.2) is 0 Å². The minimum Gasteiger partial charge on any atom is -0.441 e. The maximum Gasteiger partial charge on any atom is 0.405 e. The quantitative estimate of drug-likeness (QED) is 0.744. The third-order valence-corrected chi connectivity index (χ3v) is 4.96. The summed E-state index contributed by atoms with van der Waals surface area (Å²) in [5.41, 5.74) is 10.6. The Morgan fingerprint density at radius 3 is 2.80 bits per heavy atom. The molecule has 1 heterocycles. The van der Waals surface area contributed by atoms with Crippen molar-refractivity contribution in [2.45, 2.75) is 26.4 Å². The largest absolute Gasteiger partial charge is 0.441 e. The van der Waals surface area contributed by atoms with E-state index in [-0.39, 0.29) is 11.5 Å². The third-order valence-electron chi connectivity index (χ3n) is 4.96. The Balaban J connectivity index is 1.82. The fourth-order valence-electron chi connectivity index (χ4n) is 3.86. The minimum absolute atomic E-state index is 0.174. The molecule has 0 saturated carbocycles. The molecule has 25 heavy (non-hydrogen) atoms. The van der Waals surface area contributed by atoms with Gasteiger partial charge in [-0.25, -0.2) is 4.79 Å². The van der Waals surface area contributed by atoms with E-state index in [4.69, 9.17) is 10.5 Å². The Morgan fingerprint density at radius 1 is 1.20 bits per heavy atom. The molecule has 1 amide bonds. The van der Waals surface area contributed by atoms with E-state index in [0.29, 0.717) is 0 Å². The molecule has 3 aromatic rings. The van der Waals surface area contributed by atoms with Crippen LogP contribution in [0.2, 0.25) is 0 Å². The van der Waals surface area contributed by atoms with Crippen molar-refractivity contribution in [1.29, 1.82) is 0 Å². The maximum atomic E-state index is 11.3. The summed E-state index contributed by atoms with van der Waals surface area (Å²) < 4.78 is 5.40. The first-order valence-corrected chi connectivity index (χ1v) is 8.39. The second kappa shape index (κ2) is 5.59. The molecule has 1 aliphatic carbocycles. The number of nitrogens with zero attached hydrogens (tertiary/aromatic N) is 1. The Kier molecular flexibility index (Phi) is 3.49. The first-order valence-electron chi connectivity index (χ1n) is 8.39. The number of amides is 1. The van der Waals surface area contributed by atoms with Gasteiger partial charge in [-0.15, -0.1) is 0 Å². The van der Waals surface area contributed by atoms with Crippen LogP contribution in [0.4, 0.5) is 4.79 Å². The van der Waals surface area contributed by atoms with Crippen molar-refractivity contribution >= 4 is 17.0 Å². The first kappa shape index (κ1) is 15.6. The Morgan fingerprint density at radius 2 is 2.00 bits per heavy atom. The van der Waals surface area contributed by atoms with Crippen LogP contribution in [-0.2, 0) is 11.2 Å². The molecule has 4 nitrogen and oxygen atoms in total. The van der Waals surface area contributed by atoms with Crippen molar-refractivity contribution in [1.82, 2.24) is 4.98 Å². The molecule has 126 valence electrons. The minimum atomic E-state index is -0.728. The number of aromatic nitrogens is 1. The van der Waals surface area contributed by atoms with E-state index in [1.54, 1.807) is 0 Å². The number of primary amides is 1. The van der Waals surface area contributed by atoms with Crippen molar-refractivity contribution < 1.29 is 9.53 Å². The number of hydrogen-bond acceptors (Lipinski definition) is 3. The smallest absolute Gasteiger partial charge is 0.405 e. The summed E-state index contributed by atoms with van der Waals surface area (Å²) in [5, 5.41) is 1.12. The molecule has 1 aliphatic rings. The van der Waals surface area contributed by atoms with E-state index in [1.165, 1.54) is 5.56 Å². The van der Waals surface area contributed by atoms with Gasteiger partial charge in [-0.3, -0.25) is 4.98 Å². The second-order valence-electron chi connectivity index (χ2n) is 7.28. The summed E-state index contributed by atoms with van der Waals surface area (Å²) in [6.07, 6.45) is 1.62. The lowest BCUT2D eigenvalue weighted by Crippen LogP contribution is -2.25. The van der Waals surface area contributed by atoms with Crippen LogP contribution in [0.3, 0.4) is 0 Å². The molecule has 0 spiro atoms. The molecule has 2 N–H and O–H groups in total. The number of ether oxygens (including phenoxy) is 1. The molecule has 0 aliphatic heterocycles. The lowest BCUT2D eigenvalue weighted by Gasteiger charge is -2.26. The monoisotopic (exact) mass is 332 g/mol. The fourth-order valence-corrected chi connectivity index (χ4v) is 3.86. The second-order valence-corrected chi connectivity index (χ2v) is 7.28. The summed E-state index contributed by atoms with van der Waals surface area (Å²) in [7, 11) is 0. The maximum absolute atomic E-state index is 11.3. The summed E-state index contributed by atoms with van der Waals surface area (Å²) in [6, 6.07) is 16.5. The number of pyridine rings is 1. The van der Waals surface area contributed by atoms with Crippen molar-refractivity contribution in [3.63, 3.8) is 0 Å². The highest BCUT2D eigenvalue weighted by Gasteiger charge is 2.41. The molecule has 1 unspecified atom stereocenters. The van der Waals surface area contributed by atoms with Gasteiger partial charge in [0.05, 0.1) is 5.52 Å². The van der Waals surface area contributed by atoms with Gasteiger partial charge < -0.3 is 10.5 Å². The van der Waals surface area contributed by atoms with Gasteiger partial charge in [0.1, 0.15) is 6.10 Å². The molecule has 4 heteroatoms. The van der Waals surface area contributed by atoms with Gasteiger partial charge in [-0.05, 0) is 29.2 Å². The Bertz CT molecular complexity index is 973. The molecule has 0 radical (unpaired) electrons. The molecule has 2 aromatic carbocycles. The highest BCUT2D eigenvalue weighted by Crippen LogP contribution is 2.48. The van der Waals surface area contributed by atoms with Crippen LogP contribution in [0.15, 0.2) is 54.7 Å². The van der Waals surface area contributed by atoms with Crippen LogP contribution in [-0.4, -0.2) is 11.1 Å². The number of hydrogen-bond donors (Lipinski definition) is 1. The molecular formula is C21H20N2O2.